The third kappa shape index (κ3) is 5.70. The van der Waals surface area contributed by atoms with E-state index in [1.165, 1.54) is 12.1 Å². The normalized spacial score (nSPS) is 22.0. The predicted molar refractivity (Wildman–Crippen MR) is 138 cm³/mol. The third-order valence-corrected chi connectivity index (χ3v) is 8.35. The summed E-state index contributed by atoms with van der Waals surface area (Å²) in [7, 11) is 1.54. The number of ether oxygens (including phenoxy) is 2. The van der Waals surface area contributed by atoms with E-state index in [1.54, 1.807) is 31.6 Å². The van der Waals surface area contributed by atoms with Crippen LogP contribution in [0.5, 0.6) is 5.88 Å². The highest BCUT2D eigenvalue weighted by Crippen LogP contribution is 2.46. The number of hydrogen-bond donors (Lipinski definition) is 0. The third-order valence-electron chi connectivity index (χ3n) is 8.35. The summed E-state index contributed by atoms with van der Waals surface area (Å²) in [5.74, 6) is 1.31. The van der Waals surface area contributed by atoms with Crippen molar-refractivity contribution in [1.29, 1.82) is 0 Å². The van der Waals surface area contributed by atoms with Crippen LogP contribution in [0.25, 0.3) is 10.9 Å². The summed E-state index contributed by atoms with van der Waals surface area (Å²) < 4.78 is 50.8. The van der Waals surface area contributed by atoms with Gasteiger partial charge in [0.1, 0.15) is 0 Å². The molecule has 3 aromatic rings. The number of nitrogens with zero attached hydrogens (tertiary/aromatic N) is 2. The lowest BCUT2D eigenvalue weighted by Gasteiger charge is -2.43. The molecule has 0 N–H and O–H groups in total. The minimum absolute atomic E-state index is 0.0786. The highest BCUT2D eigenvalue weighted by atomic mass is 19.4. The van der Waals surface area contributed by atoms with Crippen LogP contribution in [-0.2, 0) is 10.9 Å². The molecule has 1 atom stereocenters. The van der Waals surface area contributed by atoms with Gasteiger partial charge in [-0.2, -0.15) is 13.2 Å². The molecule has 0 radical (unpaired) electrons. The highest BCUT2D eigenvalue weighted by Gasteiger charge is 2.40. The minimum atomic E-state index is -4.39. The minimum Gasteiger partial charge on any atom is -0.481 e. The molecular formula is C30H33F3N2O3. The van der Waals surface area contributed by atoms with Crippen LogP contribution in [0.1, 0.15) is 72.9 Å². The number of fused-ring (bicyclic) bond motifs is 1. The highest BCUT2D eigenvalue weighted by molar-refractivity contribution is 5.96. The Kier molecular flexibility index (Phi) is 7.45. The maximum Gasteiger partial charge on any atom is 0.416 e. The Morgan fingerprint density at radius 1 is 1.11 bits per heavy atom. The Morgan fingerprint density at radius 3 is 2.47 bits per heavy atom. The Morgan fingerprint density at radius 2 is 1.87 bits per heavy atom. The quantitative estimate of drug-likeness (QED) is 0.290. The number of benzene rings is 1. The fourth-order valence-corrected chi connectivity index (χ4v) is 6.23. The molecule has 1 saturated heterocycles. The lowest BCUT2D eigenvalue weighted by atomic mass is 9.67. The molecule has 0 bridgehead atoms. The first-order valence-corrected chi connectivity index (χ1v) is 13.2. The molecular weight excluding hydrogens is 493 g/mol. The van der Waals surface area contributed by atoms with Gasteiger partial charge in [0.05, 0.1) is 31.4 Å². The molecule has 3 heterocycles. The van der Waals surface area contributed by atoms with Gasteiger partial charge in [-0.1, -0.05) is 6.92 Å². The molecule has 1 aliphatic carbocycles. The SMILES string of the molecule is COc1ccc(C(=O)C[C@H](CC2(C)COC2)C2CCC(c3ccnc4ccc(C(F)(F)F)cc34)CC2)cn1. The van der Waals surface area contributed by atoms with Gasteiger partial charge in [0.25, 0.3) is 0 Å². The monoisotopic (exact) mass is 526 g/mol. The maximum absolute atomic E-state index is 13.4. The van der Waals surface area contributed by atoms with E-state index in [0.717, 1.165) is 43.7 Å². The Balaban J connectivity index is 1.32. The molecule has 5 rings (SSSR count). The van der Waals surface area contributed by atoms with Crippen molar-refractivity contribution in [2.75, 3.05) is 20.3 Å². The van der Waals surface area contributed by atoms with Gasteiger partial charge in [-0.05, 0) is 85.8 Å². The molecule has 5 nitrogen and oxygen atoms in total. The number of aromatic nitrogens is 2. The summed E-state index contributed by atoms with van der Waals surface area (Å²) in [4.78, 5) is 21.7. The Bertz CT molecular complexity index is 1280. The number of Topliss-reactive ketones (excluding diaryl/α,β-unsaturated/α-hetero) is 1. The average Bonchev–Trinajstić information content (AvgIpc) is 2.90. The van der Waals surface area contributed by atoms with Gasteiger partial charge >= 0.3 is 6.18 Å². The number of alkyl halides is 3. The van der Waals surface area contributed by atoms with E-state index >= 15 is 0 Å². The first-order valence-electron chi connectivity index (χ1n) is 13.2. The van der Waals surface area contributed by atoms with Gasteiger partial charge in [0, 0.05) is 41.2 Å². The second-order valence-corrected chi connectivity index (χ2v) is 11.2. The van der Waals surface area contributed by atoms with Crippen molar-refractivity contribution in [3.8, 4) is 5.88 Å². The van der Waals surface area contributed by atoms with Crippen LogP contribution in [-0.4, -0.2) is 36.1 Å². The molecule has 2 aliphatic rings. The number of methoxy groups -OCH3 is 1. The van der Waals surface area contributed by atoms with Crippen LogP contribution >= 0.6 is 0 Å². The van der Waals surface area contributed by atoms with Crippen LogP contribution in [0.3, 0.4) is 0 Å². The molecule has 0 unspecified atom stereocenters. The van der Waals surface area contributed by atoms with E-state index in [4.69, 9.17) is 9.47 Å². The fourth-order valence-electron chi connectivity index (χ4n) is 6.23. The van der Waals surface area contributed by atoms with Crippen molar-refractivity contribution < 1.29 is 27.4 Å². The van der Waals surface area contributed by atoms with Crippen LogP contribution in [0.2, 0.25) is 0 Å². The second kappa shape index (κ2) is 10.6. The molecule has 1 aliphatic heterocycles. The van der Waals surface area contributed by atoms with E-state index in [1.807, 2.05) is 6.07 Å². The van der Waals surface area contributed by atoms with Gasteiger partial charge in [-0.25, -0.2) is 4.98 Å². The zero-order valence-electron chi connectivity index (χ0n) is 21.8. The number of carbonyl (C=O) groups excluding carboxylic acids is 1. The summed E-state index contributed by atoms with van der Waals surface area (Å²) in [6, 6.07) is 9.15. The van der Waals surface area contributed by atoms with Crippen molar-refractivity contribution in [2.24, 2.45) is 17.3 Å². The first-order chi connectivity index (χ1) is 18.1. The summed E-state index contributed by atoms with van der Waals surface area (Å²) in [5, 5.41) is 0.587. The Labute approximate surface area is 220 Å². The summed E-state index contributed by atoms with van der Waals surface area (Å²) in [6.45, 7) is 3.64. The topological polar surface area (TPSA) is 61.3 Å². The van der Waals surface area contributed by atoms with Gasteiger partial charge in [-0.15, -0.1) is 0 Å². The first kappa shape index (κ1) is 26.6. The van der Waals surface area contributed by atoms with Gasteiger partial charge < -0.3 is 9.47 Å². The van der Waals surface area contributed by atoms with E-state index < -0.39 is 11.7 Å². The van der Waals surface area contributed by atoms with Crippen molar-refractivity contribution >= 4 is 16.7 Å². The number of ketones is 1. The van der Waals surface area contributed by atoms with Gasteiger partial charge in [0.15, 0.2) is 5.78 Å². The zero-order chi connectivity index (χ0) is 26.9. The summed E-state index contributed by atoms with van der Waals surface area (Å²) in [5.41, 5.74) is 1.55. The molecule has 2 aromatic heterocycles. The van der Waals surface area contributed by atoms with Crippen LogP contribution in [0.15, 0.2) is 48.8 Å². The average molecular weight is 527 g/mol. The lowest BCUT2D eigenvalue weighted by Crippen LogP contribution is -2.42. The zero-order valence-corrected chi connectivity index (χ0v) is 21.8. The van der Waals surface area contributed by atoms with Gasteiger partial charge in [0.2, 0.25) is 5.88 Å². The molecule has 1 aromatic carbocycles. The Hall–Kier alpha value is -3.00. The summed E-state index contributed by atoms with van der Waals surface area (Å²) >= 11 is 0. The van der Waals surface area contributed by atoms with E-state index in [2.05, 4.69) is 16.9 Å². The molecule has 0 amide bonds. The van der Waals surface area contributed by atoms with E-state index in [-0.39, 0.29) is 23.0 Å². The number of hydrogen-bond acceptors (Lipinski definition) is 5. The molecule has 1 saturated carbocycles. The molecule has 2 fully saturated rings. The van der Waals surface area contributed by atoms with Gasteiger partial charge in [-0.3, -0.25) is 9.78 Å². The molecule has 202 valence electrons. The molecule has 38 heavy (non-hydrogen) atoms. The molecule has 8 heteroatoms. The number of pyridine rings is 2. The fraction of sp³-hybridized carbons (Fsp3) is 0.500. The molecule has 0 spiro atoms. The number of carbonyl (C=O) groups is 1. The van der Waals surface area contributed by atoms with Crippen LogP contribution in [0.4, 0.5) is 13.2 Å². The van der Waals surface area contributed by atoms with Crippen molar-refractivity contribution in [1.82, 2.24) is 9.97 Å². The van der Waals surface area contributed by atoms with Crippen molar-refractivity contribution in [3.63, 3.8) is 0 Å². The van der Waals surface area contributed by atoms with E-state index in [9.17, 15) is 18.0 Å². The van der Waals surface area contributed by atoms with E-state index in [0.29, 0.717) is 47.9 Å². The maximum atomic E-state index is 13.4. The second-order valence-electron chi connectivity index (χ2n) is 11.2. The predicted octanol–water partition coefficient (Wildman–Crippen LogP) is 7.25. The van der Waals surface area contributed by atoms with Crippen LogP contribution in [0, 0.1) is 17.3 Å². The van der Waals surface area contributed by atoms with Crippen LogP contribution < -0.4 is 4.74 Å². The lowest BCUT2D eigenvalue weighted by molar-refractivity contribution is -0.137. The summed E-state index contributed by atoms with van der Waals surface area (Å²) in [6.07, 6.45) is 3.87. The number of rotatable bonds is 8. The van der Waals surface area contributed by atoms with Crippen molar-refractivity contribution in [3.05, 3.63) is 65.5 Å². The smallest absolute Gasteiger partial charge is 0.416 e. The largest absolute Gasteiger partial charge is 0.481 e. The number of halogens is 3. The van der Waals surface area contributed by atoms with Crippen molar-refractivity contribution in [2.45, 2.75) is 57.5 Å². The standard InChI is InChI=1S/C30H33F3N2O3/c1-29(17-38-18-29)15-22(13-27(36)21-7-10-28(37-2)35-16-21)19-3-5-20(6-4-19)24-11-12-34-26-9-8-23(14-25(24)26)30(31,32)33/h7-12,14,16,19-20,22H,3-6,13,15,17-18H2,1-2H3/t19?,20?,22-/m1/s1.